The Balaban J connectivity index is 1.14. The number of aryl methyl sites for hydroxylation is 2. The van der Waals surface area contributed by atoms with Gasteiger partial charge >= 0.3 is 6.18 Å². The van der Waals surface area contributed by atoms with E-state index in [2.05, 4.69) is 41.4 Å². The second-order valence-electron chi connectivity index (χ2n) is 10.5. The molecule has 2 fully saturated rings. The number of halogens is 3. The lowest BCUT2D eigenvalue weighted by molar-refractivity contribution is -0.138. The Labute approximate surface area is 212 Å². The zero-order valence-electron chi connectivity index (χ0n) is 21.4. The molecule has 0 radical (unpaired) electrons. The van der Waals surface area contributed by atoms with Crippen LogP contribution in [0.4, 0.5) is 24.5 Å². The van der Waals surface area contributed by atoms with E-state index in [9.17, 15) is 18.0 Å². The quantitative estimate of drug-likeness (QED) is 0.453. The number of likely N-dealkylation sites (tertiary alicyclic amines) is 1. The number of rotatable bonds is 7. The molecular formula is C29H38F3N3O. The van der Waals surface area contributed by atoms with Crippen molar-refractivity contribution in [3.8, 4) is 0 Å². The van der Waals surface area contributed by atoms with Gasteiger partial charge in [0.2, 0.25) is 5.91 Å². The van der Waals surface area contributed by atoms with Crippen molar-refractivity contribution in [2.75, 3.05) is 36.4 Å². The third kappa shape index (κ3) is 6.95. The Hall–Kier alpha value is -2.70. The first-order valence-electron chi connectivity index (χ1n) is 13.2. The average molecular weight is 502 g/mol. The third-order valence-electron chi connectivity index (χ3n) is 7.78. The fourth-order valence-corrected chi connectivity index (χ4v) is 5.46. The highest BCUT2D eigenvalue weighted by atomic mass is 19.4. The number of anilines is 2. The van der Waals surface area contributed by atoms with Crippen molar-refractivity contribution in [3.63, 3.8) is 0 Å². The van der Waals surface area contributed by atoms with Crippen LogP contribution in [0.3, 0.4) is 0 Å². The predicted molar refractivity (Wildman–Crippen MR) is 139 cm³/mol. The zero-order valence-corrected chi connectivity index (χ0v) is 21.4. The molecular weight excluding hydrogens is 463 g/mol. The van der Waals surface area contributed by atoms with Crippen molar-refractivity contribution >= 4 is 17.3 Å². The molecule has 36 heavy (non-hydrogen) atoms. The Morgan fingerprint density at radius 1 is 0.944 bits per heavy atom. The lowest BCUT2D eigenvalue weighted by Gasteiger charge is -2.34. The van der Waals surface area contributed by atoms with Gasteiger partial charge in [-0.05, 0) is 88.1 Å². The molecule has 4 nitrogen and oxygen atoms in total. The van der Waals surface area contributed by atoms with E-state index in [0.717, 1.165) is 38.8 Å². The number of benzene rings is 2. The van der Waals surface area contributed by atoms with Crippen LogP contribution >= 0.6 is 0 Å². The molecule has 2 saturated heterocycles. The number of amides is 1. The van der Waals surface area contributed by atoms with Crippen LogP contribution in [0.25, 0.3) is 0 Å². The number of nitrogens with one attached hydrogen (secondary N) is 1. The molecule has 7 heteroatoms. The van der Waals surface area contributed by atoms with E-state index in [-0.39, 0.29) is 17.5 Å². The van der Waals surface area contributed by atoms with Gasteiger partial charge in [0.25, 0.3) is 0 Å². The van der Waals surface area contributed by atoms with Gasteiger partial charge in [0.05, 0.1) is 5.56 Å². The Morgan fingerprint density at radius 3 is 2.25 bits per heavy atom. The maximum absolute atomic E-state index is 13.2. The lowest BCUT2D eigenvalue weighted by atomic mass is 9.91. The van der Waals surface area contributed by atoms with Crippen LogP contribution < -0.4 is 10.2 Å². The van der Waals surface area contributed by atoms with Gasteiger partial charge in [0.15, 0.2) is 0 Å². The number of alkyl halides is 3. The normalized spacial score (nSPS) is 17.9. The Kier molecular flexibility index (Phi) is 8.47. The largest absolute Gasteiger partial charge is 0.416 e. The third-order valence-corrected chi connectivity index (χ3v) is 7.78. The van der Waals surface area contributed by atoms with Gasteiger partial charge in [-0.2, -0.15) is 13.2 Å². The van der Waals surface area contributed by atoms with E-state index in [0.29, 0.717) is 31.1 Å². The zero-order chi connectivity index (χ0) is 25.7. The molecule has 0 aliphatic carbocycles. The smallest absolute Gasteiger partial charge is 0.382 e. The van der Waals surface area contributed by atoms with Crippen molar-refractivity contribution in [3.05, 3.63) is 59.2 Å². The minimum absolute atomic E-state index is 0.0801. The van der Waals surface area contributed by atoms with Crippen molar-refractivity contribution < 1.29 is 18.0 Å². The van der Waals surface area contributed by atoms with Gasteiger partial charge < -0.3 is 15.1 Å². The highest BCUT2D eigenvalue weighted by molar-refractivity contribution is 5.76. The summed E-state index contributed by atoms with van der Waals surface area (Å²) in [5.41, 5.74) is 2.71. The first kappa shape index (κ1) is 26.4. The molecule has 0 spiro atoms. The minimum Gasteiger partial charge on any atom is -0.382 e. The summed E-state index contributed by atoms with van der Waals surface area (Å²) in [6.07, 6.45) is 2.11. The molecule has 0 bridgehead atoms. The van der Waals surface area contributed by atoms with Crippen molar-refractivity contribution in [1.29, 1.82) is 0 Å². The summed E-state index contributed by atoms with van der Waals surface area (Å²) in [5, 5.41) is 3.24. The molecule has 0 aromatic heterocycles. The van der Waals surface area contributed by atoms with Gasteiger partial charge in [0, 0.05) is 50.0 Å². The molecule has 2 heterocycles. The number of hydrogen-bond donors (Lipinski definition) is 1. The minimum atomic E-state index is -4.35. The SMILES string of the molecule is Cc1ccc(N2CCC(CCCC(=O)N3CCC(Nc4ccc(C)c(C(F)(F)F)c4)CC3)CC2)cc1. The number of nitrogens with zero attached hydrogens (tertiary/aromatic N) is 2. The maximum atomic E-state index is 13.2. The van der Waals surface area contributed by atoms with Gasteiger partial charge in [-0.15, -0.1) is 0 Å². The molecule has 4 rings (SSSR count). The van der Waals surface area contributed by atoms with Gasteiger partial charge in [-0.3, -0.25) is 4.79 Å². The standard InChI is InChI=1S/C29H38F3N3O/c1-21-6-10-26(11-7-21)34-16-12-23(13-17-34)4-3-5-28(36)35-18-14-24(15-19-35)33-25-9-8-22(2)27(20-25)29(30,31)32/h6-11,20,23-24,33H,3-5,12-19H2,1-2H3. The fourth-order valence-electron chi connectivity index (χ4n) is 5.46. The molecule has 0 saturated carbocycles. The Morgan fingerprint density at radius 2 is 1.61 bits per heavy atom. The summed E-state index contributed by atoms with van der Waals surface area (Å²) in [6.45, 7) is 7.05. The van der Waals surface area contributed by atoms with E-state index < -0.39 is 11.7 Å². The molecule has 196 valence electrons. The van der Waals surface area contributed by atoms with Gasteiger partial charge in [0.1, 0.15) is 0 Å². The highest BCUT2D eigenvalue weighted by Crippen LogP contribution is 2.34. The van der Waals surface area contributed by atoms with E-state index in [1.54, 1.807) is 6.07 Å². The fraction of sp³-hybridized carbons (Fsp3) is 0.552. The Bertz CT molecular complexity index is 1010. The summed E-state index contributed by atoms with van der Waals surface area (Å²) < 4.78 is 39.6. The van der Waals surface area contributed by atoms with Crippen molar-refractivity contribution in [2.45, 2.75) is 71.0 Å². The van der Waals surface area contributed by atoms with Crippen molar-refractivity contribution in [2.24, 2.45) is 5.92 Å². The number of hydrogen-bond acceptors (Lipinski definition) is 3. The van der Waals surface area contributed by atoms with Crippen molar-refractivity contribution in [1.82, 2.24) is 4.90 Å². The molecule has 0 atom stereocenters. The monoisotopic (exact) mass is 501 g/mol. The summed E-state index contributed by atoms with van der Waals surface area (Å²) in [5.74, 6) is 0.894. The molecule has 2 aliphatic heterocycles. The second kappa shape index (κ2) is 11.6. The summed E-state index contributed by atoms with van der Waals surface area (Å²) in [4.78, 5) is 17.1. The van der Waals surface area contributed by atoms with E-state index in [1.807, 2.05) is 4.90 Å². The lowest BCUT2D eigenvalue weighted by Crippen LogP contribution is -2.42. The molecule has 1 N–H and O–H groups in total. The summed E-state index contributed by atoms with van der Waals surface area (Å²) in [7, 11) is 0. The maximum Gasteiger partial charge on any atom is 0.416 e. The van der Waals surface area contributed by atoms with Crippen LogP contribution in [-0.4, -0.2) is 43.0 Å². The predicted octanol–water partition coefficient (Wildman–Crippen LogP) is 6.81. The van der Waals surface area contributed by atoms with Crippen LogP contribution in [0.15, 0.2) is 42.5 Å². The van der Waals surface area contributed by atoms with Crippen LogP contribution in [0.1, 0.15) is 61.6 Å². The molecule has 2 aliphatic rings. The average Bonchev–Trinajstić information content (AvgIpc) is 2.86. The molecule has 2 aromatic carbocycles. The summed E-state index contributed by atoms with van der Waals surface area (Å²) in [6, 6.07) is 13.2. The molecule has 1 amide bonds. The second-order valence-corrected chi connectivity index (χ2v) is 10.5. The molecule has 2 aromatic rings. The topological polar surface area (TPSA) is 35.6 Å². The van der Waals surface area contributed by atoms with E-state index >= 15 is 0 Å². The first-order valence-corrected chi connectivity index (χ1v) is 13.2. The molecule has 0 unspecified atom stereocenters. The highest BCUT2D eigenvalue weighted by Gasteiger charge is 2.33. The van der Waals surface area contributed by atoms with Crippen LogP contribution in [0.2, 0.25) is 0 Å². The van der Waals surface area contributed by atoms with E-state index in [4.69, 9.17) is 0 Å². The van der Waals surface area contributed by atoms with Crippen LogP contribution in [-0.2, 0) is 11.0 Å². The van der Waals surface area contributed by atoms with E-state index in [1.165, 1.54) is 43.1 Å². The van der Waals surface area contributed by atoms with Gasteiger partial charge in [-0.25, -0.2) is 0 Å². The number of piperidine rings is 2. The first-order chi connectivity index (χ1) is 17.2. The van der Waals surface area contributed by atoms with Crippen LogP contribution in [0, 0.1) is 19.8 Å². The number of carbonyl (C=O) groups is 1. The van der Waals surface area contributed by atoms with Gasteiger partial charge in [-0.1, -0.05) is 23.8 Å². The van der Waals surface area contributed by atoms with Crippen LogP contribution in [0.5, 0.6) is 0 Å². The summed E-state index contributed by atoms with van der Waals surface area (Å²) >= 11 is 0. The number of carbonyl (C=O) groups excluding carboxylic acids is 1.